The van der Waals surface area contributed by atoms with E-state index < -0.39 is 0 Å². The lowest BCUT2D eigenvalue weighted by Gasteiger charge is -2.11. The van der Waals surface area contributed by atoms with Gasteiger partial charge in [-0.2, -0.15) is 0 Å². The molecule has 0 saturated heterocycles. The molecule has 1 atom stereocenters. The lowest BCUT2D eigenvalue weighted by molar-refractivity contribution is 0.154. The first-order valence-corrected chi connectivity index (χ1v) is 4.58. The molecule has 0 saturated carbocycles. The Labute approximate surface area is 83.5 Å². The molecule has 1 unspecified atom stereocenters. The van der Waals surface area contributed by atoms with Gasteiger partial charge in [-0.05, 0) is 28.1 Å². The van der Waals surface area contributed by atoms with Crippen LogP contribution in [0.5, 0.6) is 0 Å². The highest BCUT2D eigenvalue weighted by atomic mass is 79.9. The first-order chi connectivity index (χ1) is 6.27. The molecule has 13 heavy (non-hydrogen) atoms. The minimum absolute atomic E-state index is 0.197. The maximum atomic E-state index is 12.9. The highest BCUT2D eigenvalue weighted by Crippen LogP contribution is 2.23. The van der Waals surface area contributed by atoms with E-state index in [0.717, 1.165) is 5.56 Å². The summed E-state index contributed by atoms with van der Waals surface area (Å²) in [5, 5.41) is 2.97. The number of benzene rings is 1. The second-order valence-electron chi connectivity index (χ2n) is 2.66. The normalized spacial score (nSPS) is 19.7. The Morgan fingerprint density at radius 2 is 2.31 bits per heavy atom. The summed E-state index contributed by atoms with van der Waals surface area (Å²) >= 11 is 3.11. The third-order valence-electron chi connectivity index (χ3n) is 1.78. The van der Waals surface area contributed by atoms with Crippen LogP contribution in [0.15, 0.2) is 35.1 Å². The van der Waals surface area contributed by atoms with Crippen LogP contribution in [0.3, 0.4) is 0 Å². The van der Waals surface area contributed by atoms with E-state index in [-0.39, 0.29) is 12.0 Å². The van der Waals surface area contributed by atoms with Crippen LogP contribution in [0, 0.1) is 5.82 Å². The molecule has 4 heteroatoms. The molecule has 0 aliphatic carbocycles. The molecule has 0 fully saturated rings. The number of ether oxygens (including phenoxy) is 1. The monoisotopic (exact) mass is 243 g/mol. The average molecular weight is 244 g/mol. The summed E-state index contributed by atoms with van der Waals surface area (Å²) in [6.07, 6.45) is 3.08. The van der Waals surface area contributed by atoms with Gasteiger partial charge in [-0.1, -0.05) is 6.07 Å². The Morgan fingerprint density at radius 1 is 1.46 bits per heavy atom. The first kappa shape index (κ1) is 8.56. The summed E-state index contributed by atoms with van der Waals surface area (Å²) < 4.78 is 18.5. The predicted molar refractivity (Wildman–Crippen MR) is 50.2 cm³/mol. The van der Waals surface area contributed by atoms with E-state index in [1.54, 1.807) is 24.6 Å². The number of rotatable bonds is 1. The summed E-state index contributed by atoms with van der Waals surface area (Å²) in [6, 6.07) is 4.79. The van der Waals surface area contributed by atoms with Crippen LogP contribution in [0.2, 0.25) is 0 Å². The van der Waals surface area contributed by atoms with Gasteiger partial charge < -0.3 is 10.1 Å². The van der Waals surface area contributed by atoms with Crippen LogP contribution in [0.4, 0.5) is 4.39 Å². The minimum Gasteiger partial charge on any atom is -0.473 e. The molecule has 1 aromatic carbocycles. The fraction of sp³-hybridized carbons (Fsp3) is 0.111. The molecule has 1 heterocycles. The third kappa shape index (κ3) is 1.67. The first-order valence-electron chi connectivity index (χ1n) is 3.79. The molecule has 0 aromatic heterocycles. The Bertz CT molecular complexity index is 345. The quantitative estimate of drug-likeness (QED) is 0.819. The molecular weight excluding hydrogens is 237 g/mol. The van der Waals surface area contributed by atoms with E-state index in [1.165, 1.54) is 6.07 Å². The van der Waals surface area contributed by atoms with Crippen LogP contribution in [0.1, 0.15) is 11.8 Å². The van der Waals surface area contributed by atoms with E-state index in [0.29, 0.717) is 4.47 Å². The Morgan fingerprint density at radius 3 is 2.92 bits per heavy atom. The predicted octanol–water partition coefficient (Wildman–Crippen LogP) is 2.68. The molecule has 0 bridgehead atoms. The van der Waals surface area contributed by atoms with Crippen LogP contribution in [-0.4, -0.2) is 0 Å². The zero-order valence-corrected chi connectivity index (χ0v) is 8.21. The van der Waals surface area contributed by atoms with Crippen molar-refractivity contribution in [1.82, 2.24) is 5.32 Å². The second kappa shape index (κ2) is 3.38. The van der Waals surface area contributed by atoms with Crippen molar-refractivity contribution in [2.45, 2.75) is 6.23 Å². The molecule has 0 amide bonds. The maximum Gasteiger partial charge on any atom is 0.195 e. The Kier molecular flexibility index (Phi) is 2.22. The number of nitrogens with one attached hydrogen (secondary N) is 1. The molecule has 68 valence electrons. The zero-order valence-electron chi connectivity index (χ0n) is 6.63. The van der Waals surface area contributed by atoms with Crippen molar-refractivity contribution in [3.05, 3.63) is 46.5 Å². The van der Waals surface area contributed by atoms with Gasteiger partial charge in [0.25, 0.3) is 0 Å². The summed E-state index contributed by atoms with van der Waals surface area (Å²) in [4.78, 5) is 0. The number of hydrogen-bond donors (Lipinski definition) is 1. The van der Waals surface area contributed by atoms with Crippen molar-refractivity contribution in [1.29, 1.82) is 0 Å². The van der Waals surface area contributed by atoms with E-state index in [1.807, 2.05) is 0 Å². The molecule has 2 rings (SSSR count). The fourth-order valence-corrected chi connectivity index (χ4v) is 1.53. The highest BCUT2D eigenvalue weighted by molar-refractivity contribution is 9.10. The molecule has 0 radical (unpaired) electrons. The third-order valence-corrected chi connectivity index (χ3v) is 2.38. The van der Waals surface area contributed by atoms with Crippen molar-refractivity contribution in [2.75, 3.05) is 0 Å². The smallest absolute Gasteiger partial charge is 0.195 e. The maximum absolute atomic E-state index is 12.9. The lowest BCUT2D eigenvalue weighted by atomic mass is 10.2. The molecule has 1 N–H and O–H groups in total. The van der Waals surface area contributed by atoms with Gasteiger partial charge in [-0.15, -0.1) is 0 Å². The van der Waals surface area contributed by atoms with E-state index >= 15 is 0 Å². The molecule has 0 spiro atoms. The van der Waals surface area contributed by atoms with Crippen LogP contribution in [0.25, 0.3) is 0 Å². The van der Waals surface area contributed by atoms with Crippen molar-refractivity contribution < 1.29 is 9.13 Å². The SMILES string of the molecule is Fc1ccc(C2NC=CO2)cc1Br. The number of hydrogen-bond acceptors (Lipinski definition) is 2. The summed E-state index contributed by atoms with van der Waals surface area (Å²) in [5.74, 6) is -0.269. The van der Waals surface area contributed by atoms with Gasteiger partial charge in [0, 0.05) is 11.8 Å². The summed E-state index contributed by atoms with van der Waals surface area (Å²) in [6.45, 7) is 0. The Hall–Kier alpha value is -1.03. The summed E-state index contributed by atoms with van der Waals surface area (Å²) in [7, 11) is 0. The van der Waals surface area contributed by atoms with Gasteiger partial charge in [-0.3, -0.25) is 0 Å². The highest BCUT2D eigenvalue weighted by Gasteiger charge is 2.13. The number of halogens is 2. The van der Waals surface area contributed by atoms with Gasteiger partial charge in [0.05, 0.1) is 4.47 Å². The minimum atomic E-state index is -0.269. The van der Waals surface area contributed by atoms with Gasteiger partial charge in [0.2, 0.25) is 0 Å². The molecule has 1 aliphatic rings. The Balaban J connectivity index is 2.26. The van der Waals surface area contributed by atoms with Crippen LogP contribution < -0.4 is 5.32 Å². The molecule has 1 aliphatic heterocycles. The molecule has 1 aromatic rings. The van der Waals surface area contributed by atoms with Gasteiger partial charge in [0.1, 0.15) is 12.1 Å². The van der Waals surface area contributed by atoms with Crippen molar-refractivity contribution in [2.24, 2.45) is 0 Å². The van der Waals surface area contributed by atoms with E-state index in [9.17, 15) is 4.39 Å². The zero-order chi connectivity index (χ0) is 9.26. The molecular formula is C9H7BrFNO. The van der Waals surface area contributed by atoms with Crippen molar-refractivity contribution in [3.8, 4) is 0 Å². The second-order valence-corrected chi connectivity index (χ2v) is 3.51. The van der Waals surface area contributed by atoms with Crippen molar-refractivity contribution >= 4 is 15.9 Å². The largest absolute Gasteiger partial charge is 0.473 e. The van der Waals surface area contributed by atoms with Gasteiger partial charge in [-0.25, -0.2) is 4.39 Å². The standard InChI is InChI=1S/C9H7BrFNO/c10-7-5-6(1-2-8(7)11)9-12-3-4-13-9/h1-5,9,12H. The molecule has 2 nitrogen and oxygen atoms in total. The van der Waals surface area contributed by atoms with Crippen LogP contribution >= 0.6 is 15.9 Å². The van der Waals surface area contributed by atoms with Gasteiger partial charge in [0.15, 0.2) is 6.23 Å². The van der Waals surface area contributed by atoms with Gasteiger partial charge >= 0.3 is 0 Å². The average Bonchev–Trinajstić information content (AvgIpc) is 2.62. The van der Waals surface area contributed by atoms with Crippen LogP contribution in [-0.2, 0) is 4.74 Å². The summed E-state index contributed by atoms with van der Waals surface area (Å²) in [5.41, 5.74) is 0.887. The topological polar surface area (TPSA) is 21.3 Å². The lowest BCUT2D eigenvalue weighted by Crippen LogP contribution is -2.11. The van der Waals surface area contributed by atoms with E-state index in [4.69, 9.17) is 4.74 Å². The van der Waals surface area contributed by atoms with Crippen molar-refractivity contribution in [3.63, 3.8) is 0 Å². The fourth-order valence-electron chi connectivity index (χ4n) is 1.13. The van der Waals surface area contributed by atoms with E-state index in [2.05, 4.69) is 21.2 Å².